The van der Waals surface area contributed by atoms with Crippen molar-refractivity contribution in [1.29, 1.82) is 0 Å². The number of benzene rings is 2. The zero-order valence-electron chi connectivity index (χ0n) is 22.3. The van der Waals surface area contributed by atoms with Gasteiger partial charge in [0.15, 0.2) is 0 Å². The van der Waals surface area contributed by atoms with Gasteiger partial charge in [-0.05, 0) is 73.9 Å². The Morgan fingerprint density at radius 3 is 2.24 bits per heavy atom. The molecule has 0 saturated heterocycles. The van der Waals surface area contributed by atoms with Crippen molar-refractivity contribution in [3.05, 3.63) is 81.2 Å². The van der Waals surface area contributed by atoms with Crippen molar-refractivity contribution in [2.45, 2.75) is 61.1 Å². The Morgan fingerprint density at radius 2 is 1.68 bits per heavy atom. The molecule has 1 aromatic heterocycles. The van der Waals surface area contributed by atoms with Gasteiger partial charge in [0.1, 0.15) is 6.61 Å². The second kappa shape index (κ2) is 12.7. The number of aryl methyl sites for hydroxylation is 2. The molecule has 0 aliphatic carbocycles. The number of aromatic nitrogens is 1. The molecule has 0 aliphatic rings. The number of halogens is 1. The van der Waals surface area contributed by atoms with Gasteiger partial charge in [-0.15, -0.1) is 12.4 Å². The number of nitrogens with zero attached hydrogens (tertiary/aromatic N) is 1. The first-order valence-corrected chi connectivity index (χ1v) is 12.1. The SMILES string of the molecule is Cc1ccc(-c2c(CN)c(CC(C)C)nc(C)c2NC(=O)OCc2ccc(C(=O)O)c(C)c2C)cc1.Cl. The standard InChI is InChI=1S/C29H35N3O4.ClH/c1-16(2)13-25-24(14-30)26(21-9-7-17(3)8-10-21)27(20(6)31-25)32-29(35)36-15-22-11-12-23(28(33)34)19(5)18(22)4;/h7-12,16H,13-15,30H2,1-6H3,(H,32,35)(H,33,34);1H. The second-order valence-corrected chi connectivity index (χ2v) is 9.57. The molecule has 3 rings (SSSR count). The molecule has 198 valence electrons. The number of carboxylic acids is 1. The van der Waals surface area contributed by atoms with Crippen molar-refractivity contribution in [2.24, 2.45) is 11.7 Å². The van der Waals surface area contributed by atoms with Crippen molar-refractivity contribution in [2.75, 3.05) is 5.32 Å². The summed E-state index contributed by atoms with van der Waals surface area (Å²) in [5.41, 5.74) is 14.7. The molecule has 1 heterocycles. The van der Waals surface area contributed by atoms with E-state index in [-0.39, 0.29) is 31.1 Å². The molecule has 37 heavy (non-hydrogen) atoms. The van der Waals surface area contributed by atoms with E-state index in [2.05, 4.69) is 19.2 Å². The summed E-state index contributed by atoms with van der Waals surface area (Å²) in [7, 11) is 0. The summed E-state index contributed by atoms with van der Waals surface area (Å²) in [5, 5.41) is 12.2. The molecule has 0 bridgehead atoms. The number of ether oxygens (including phenoxy) is 1. The molecule has 8 heteroatoms. The van der Waals surface area contributed by atoms with E-state index in [4.69, 9.17) is 15.5 Å². The van der Waals surface area contributed by atoms with Crippen LogP contribution >= 0.6 is 12.4 Å². The van der Waals surface area contributed by atoms with Gasteiger partial charge >= 0.3 is 12.1 Å². The van der Waals surface area contributed by atoms with E-state index in [1.54, 1.807) is 13.0 Å². The quantitative estimate of drug-likeness (QED) is 0.309. The molecule has 0 fully saturated rings. The number of carboxylic acid groups (broad SMARTS) is 1. The predicted molar refractivity (Wildman–Crippen MR) is 150 cm³/mol. The normalized spacial score (nSPS) is 10.7. The smallest absolute Gasteiger partial charge is 0.412 e. The molecule has 0 unspecified atom stereocenters. The lowest BCUT2D eigenvalue weighted by molar-refractivity contribution is 0.0695. The molecule has 0 aliphatic heterocycles. The minimum atomic E-state index is -0.982. The van der Waals surface area contributed by atoms with Crippen LogP contribution < -0.4 is 11.1 Å². The minimum Gasteiger partial charge on any atom is -0.478 e. The molecule has 2 aromatic carbocycles. The number of nitrogens with two attached hydrogens (primary N) is 1. The van der Waals surface area contributed by atoms with Gasteiger partial charge in [-0.1, -0.05) is 49.7 Å². The van der Waals surface area contributed by atoms with Crippen LogP contribution in [-0.2, 0) is 24.3 Å². The number of anilines is 1. The van der Waals surface area contributed by atoms with Gasteiger partial charge in [-0.3, -0.25) is 10.3 Å². The molecule has 1 amide bonds. The van der Waals surface area contributed by atoms with E-state index in [9.17, 15) is 14.7 Å². The summed E-state index contributed by atoms with van der Waals surface area (Å²) in [6.07, 6.45) is 0.161. The third-order valence-electron chi connectivity index (χ3n) is 6.43. The number of rotatable bonds is 8. The van der Waals surface area contributed by atoms with Gasteiger partial charge in [0.05, 0.1) is 16.9 Å². The molecular formula is C29H36ClN3O4. The van der Waals surface area contributed by atoms with Crippen molar-refractivity contribution in [3.63, 3.8) is 0 Å². The summed E-state index contributed by atoms with van der Waals surface area (Å²) in [6, 6.07) is 11.3. The fraction of sp³-hybridized carbons (Fsp3) is 0.345. The molecule has 3 aromatic rings. The summed E-state index contributed by atoms with van der Waals surface area (Å²) < 4.78 is 5.54. The highest BCUT2D eigenvalue weighted by Gasteiger charge is 2.21. The van der Waals surface area contributed by atoms with Crippen LogP contribution in [0.2, 0.25) is 0 Å². The second-order valence-electron chi connectivity index (χ2n) is 9.57. The lowest BCUT2D eigenvalue weighted by Crippen LogP contribution is -2.19. The predicted octanol–water partition coefficient (Wildman–Crippen LogP) is 6.51. The Hall–Kier alpha value is -3.42. The highest BCUT2D eigenvalue weighted by atomic mass is 35.5. The minimum absolute atomic E-state index is 0. The molecule has 0 spiro atoms. The van der Waals surface area contributed by atoms with E-state index in [0.717, 1.165) is 45.5 Å². The third-order valence-corrected chi connectivity index (χ3v) is 6.43. The molecule has 4 N–H and O–H groups in total. The first-order chi connectivity index (χ1) is 17.0. The van der Waals surface area contributed by atoms with Crippen LogP contribution in [0.25, 0.3) is 11.1 Å². The monoisotopic (exact) mass is 525 g/mol. The molecule has 0 saturated carbocycles. The van der Waals surface area contributed by atoms with E-state index in [0.29, 0.717) is 22.9 Å². The Morgan fingerprint density at radius 1 is 1.03 bits per heavy atom. The average molecular weight is 526 g/mol. The third kappa shape index (κ3) is 6.87. The van der Waals surface area contributed by atoms with Crippen LogP contribution in [0.1, 0.15) is 63.4 Å². The number of nitrogens with one attached hydrogen (secondary N) is 1. The maximum Gasteiger partial charge on any atom is 0.412 e. The molecular weight excluding hydrogens is 490 g/mol. The Bertz CT molecular complexity index is 1290. The molecule has 0 atom stereocenters. The van der Waals surface area contributed by atoms with E-state index in [1.165, 1.54) is 6.07 Å². The Kier molecular flexibility index (Phi) is 10.2. The fourth-order valence-electron chi connectivity index (χ4n) is 4.32. The number of carbonyl (C=O) groups excluding carboxylic acids is 1. The molecule has 0 radical (unpaired) electrons. The summed E-state index contributed by atoms with van der Waals surface area (Å²) in [6.45, 7) is 12.0. The van der Waals surface area contributed by atoms with Crippen molar-refractivity contribution in [3.8, 4) is 11.1 Å². The first-order valence-electron chi connectivity index (χ1n) is 12.1. The largest absolute Gasteiger partial charge is 0.478 e. The fourth-order valence-corrected chi connectivity index (χ4v) is 4.32. The van der Waals surface area contributed by atoms with Gasteiger partial charge < -0.3 is 15.6 Å². The van der Waals surface area contributed by atoms with Crippen LogP contribution in [0, 0.1) is 33.6 Å². The number of aromatic carboxylic acids is 1. The number of pyridine rings is 1. The van der Waals surface area contributed by atoms with Gasteiger partial charge in [0.2, 0.25) is 0 Å². The highest BCUT2D eigenvalue weighted by molar-refractivity contribution is 5.94. The summed E-state index contributed by atoms with van der Waals surface area (Å²) in [5.74, 6) is -0.583. The number of hydrogen-bond donors (Lipinski definition) is 3. The van der Waals surface area contributed by atoms with Gasteiger partial charge in [0.25, 0.3) is 0 Å². The lowest BCUT2D eigenvalue weighted by atomic mass is 9.92. The zero-order valence-corrected chi connectivity index (χ0v) is 23.1. The maximum atomic E-state index is 12.9. The lowest BCUT2D eigenvalue weighted by Gasteiger charge is -2.21. The van der Waals surface area contributed by atoms with Crippen LogP contribution in [0.4, 0.5) is 10.5 Å². The van der Waals surface area contributed by atoms with Crippen LogP contribution in [0.3, 0.4) is 0 Å². The van der Waals surface area contributed by atoms with Crippen molar-refractivity contribution < 1.29 is 19.4 Å². The van der Waals surface area contributed by atoms with E-state index in [1.807, 2.05) is 45.0 Å². The number of amides is 1. The average Bonchev–Trinajstić information content (AvgIpc) is 2.81. The van der Waals surface area contributed by atoms with Crippen LogP contribution in [-0.4, -0.2) is 22.2 Å². The van der Waals surface area contributed by atoms with E-state index >= 15 is 0 Å². The van der Waals surface area contributed by atoms with Crippen LogP contribution in [0.5, 0.6) is 0 Å². The van der Waals surface area contributed by atoms with Crippen LogP contribution in [0.15, 0.2) is 36.4 Å². The van der Waals surface area contributed by atoms with Gasteiger partial charge in [-0.25, -0.2) is 9.59 Å². The van der Waals surface area contributed by atoms with E-state index < -0.39 is 12.1 Å². The first kappa shape index (κ1) is 29.8. The van der Waals surface area contributed by atoms with Gasteiger partial charge in [0, 0.05) is 17.8 Å². The number of hydrogen-bond acceptors (Lipinski definition) is 5. The molecule has 7 nitrogen and oxygen atoms in total. The van der Waals surface area contributed by atoms with Gasteiger partial charge in [-0.2, -0.15) is 0 Å². The maximum absolute atomic E-state index is 12.9. The Balaban J connectivity index is 0.00000481. The summed E-state index contributed by atoms with van der Waals surface area (Å²) in [4.78, 5) is 29.1. The topological polar surface area (TPSA) is 115 Å². The zero-order chi connectivity index (χ0) is 26.6. The van der Waals surface area contributed by atoms with Crippen molar-refractivity contribution in [1.82, 2.24) is 4.98 Å². The summed E-state index contributed by atoms with van der Waals surface area (Å²) >= 11 is 0. The number of carbonyl (C=O) groups is 2. The van der Waals surface area contributed by atoms with Crippen molar-refractivity contribution >= 4 is 30.2 Å². The Labute approximate surface area is 224 Å². The highest BCUT2D eigenvalue weighted by Crippen LogP contribution is 2.36.